The summed E-state index contributed by atoms with van der Waals surface area (Å²) in [5.41, 5.74) is 2.95. The number of hydrogen-bond acceptors (Lipinski definition) is 3. The highest BCUT2D eigenvalue weighted by Crippen LogP contribution is 2.12. The molecule has 0 saturated carbocycles. The first-order valence-corrected chi connectivity index (χ1v) is 10.6. The molecule has 0 aliphatic carbocycles. The van der Waals surface area contributed by atoms with E-state index in [9.17, 15) is 8.42 Å². The fourth-order valence-corrected chi connectivity index (χ4v) is 3.62. The number of halogens is 2. The lowest BCUT2D eigenvalue weighted by Crippen LogP contribution is -2.38. The van der Waals surface area contributed by atoms with E-state index in [1.54, 1.807) is 7.05 Å². The summed E-state index contributed by atoms with van der Waals surface area (Å²) in [6.07, 6.45) is 1.24. The lowest BCUT2D eigenvalue weighted by atomic mass is 10.1. The minimum Gasteiger partial charge on any atom is -0.352 e. The highest BCUT2D eigenvalue weighted by Gasteiger charge is 2.08. The van der Waals surface area contributed by atoms with Crippen LogP contribution < -0.4 is 5.32 Å². The molecule has 148 valence electrons. The Morgan fingerprint density at radius 1 is 1.11 bits per heavy atom. The van der Waals surface area contributed by atoms with E-state index in [1.807, 2.05) is 60.5 Å². The Hall–Kier alpha value is -1.32. The Balaban J connectivity index is 0.00000364. The van der Waals surface area contributed by atoms with Gasteiger partial charge in [0, 0.05) is 38.5 Å². The van der Waals surface area contributed by atoms with Crippen LogP contribution in [0.2, 0.25) is 5.02 Å². The first-order valence-electron chi connectivity index (χ1n) is 8.18. The van der Waals surface area contributed by atoms with E-state index in [-0.39, 0.29) is 29.7 Å². The van der Waals surface area contributed by atoms with Crippen molar-refractivity contribution in [3.63, 3.8) is 0 Å². The standard InChI is InChI=1S/C19H24ClN3O2S.HI/c1-21-19(23(2)13-17-5-4-6-18(20)11-17)22-12-15-7-9-16(10-8-15)14-26(3,24)25;/h4-11H,12-14H2,1-3H3,(H,21,22);1H. The van der Waals surface area contributed by atoms with Gasteiger partial charge in [-0.25, -0.2) is 8.42 Å². The molecule has 0 saturated heterocycles. The fourth-order valence-electron chi connectivity index (χ4n) is 2.61. The van der Waals surface area contributed by atoms with Crippen molar-refractivity contribution in [1.29, 1.82) is 0 Å². The quantitative estimate of drug-likeness (QED) is 0.358. The average Bonchev–Trinajstić information content (AvgIpc) is 2.55. The van der Waals surface area contributed by atoms with E-state index in [4.69, 9.17) is 11.6 Å². The molecule has 2 rings (SSSR count). The molecule has 0 spiro atoms. The molecule has 0 radical (unpaired) electrons. The van der Waals surface area contributed by atoms with Crippen LogP contribution in [0.1, 0.15) is 16.7 Å². The molecule has 0 aliphatic rings. The average molecular weight is 522 g/mol. The predicted molar refractivity (Wildman–Crippen MR) is 124 cm³/mol. The minimum absolute atomic E-state index is 0. The van der Waals surface area contributed by atoms with Crippen LogP contribution in [-0.2, 0) is 28.7 Å². The van der Waals surface area contributed by atoms with Crippen LogP contribution in [0.3, 0.4) is 0 Å². The summed E-state index contributed by atoms with van der Waals surface area (Å²) < 4.78 is 22.7. The summed E-state index contributed by atoms with van der Waals surface area (Å²) >= 11 is 6.03. The molecule has 8 heteroatoms. The van der Waals surface area contributed by atoms with Gasteiger partial charge in [-0.1, -0.05) is 48.0 Å². The van der Waals surface area contributed by atoms with Gasteiger partial charge in [-0.05, 0) is 28.8 Å². The molecule has 0 unspecified atom stereocenters. The summed E-state index contributed by atoms with van der Waals surface area (Å²) in [6.45, 7) is 1.29. The van der Waals surface area contributed by atoms with Gasteiger partial charge in [-0.2, -0.15) is 0 Å². The van der Waals surface area contributed by atoms with Crippen molar-refractivity contribution in [2.75, 3.05) is 20.4 Å². The zero-order chi connectivity index (χ0) is 19.2. The van der Waals surface area contributed by atoms with Gasteiger partial charge in [0.15, 0.2) is 15.8 Å². The van der Waals surface area contributed by atoms with E-state index in [0.29, 0.717) is 18.1 Å². The predicted octanol–water partition coefficient (Wildman–Crippen LogP) is 3.71. The van der Waals surface area contributed by atoms with Crippen molar-refractivity contribution in [2.45, 2.75) is 18.8 Å². The second-order valence-corrected chi connectivity index (χ2v) is 8.85. The minimum atomic E-state index is -3.01. The van der Waals surface area contributed by atoms with Gasteiger partial charge < -0.3 is 10.2 Å². The summed E-state index contributed by atoms with van der Waals surface area (Å²) in [4.78, 5) is 6.32. The van der Waals surface area contributed by atoms with Crippen molar-refractivity contribution in [3.8, 4) is 0 Å². The van der Waals surface area contributed by atoms with Crippen LogP contribution in [0.5, 0.6) is 0 Å². The number of aliphatic imine (C=N–C) groups is 1. The van der Waals surface area contributed by atoms with Gasteiger partial charge in [-0.3, -0.25) is 4.99 Å². The number of hydrogen-bond donors (Lipinski definition) is 1. The molecular formula is C19H25ClIN3O2S. The molecular weight excluding hydrogens is 497 g/mol. The lowest BCUT2D eigenvalue weighted by Gasteiger charge is -2.22. The summed E-state index contributed by atoms with van der Waals surface area (Å²) in [5.74, 6) is 0.829. The van der Waals surface area contributed by atoms with Gasteiger partial charge in [0.25, 0.3) is 0 Å². The van der Waals surface area contributed by atoms with E-state index < -0.39 is 9.84 Å². The zero-order valence-electron chi connectivity index (χ0n) is 15.6. The Labute approximate surface area is 183 Å². The Morgan fingerprint density at radius 2 is 1.74 bits per heavy atom. The third-order valence-corrected chi connectivity index (χ3v) is 4.88. The monoisotopic (exact) mass is 521 g/mol. The van der Waals surface area contributed by atoms with E-state index in [2.05, 4.69) is 10.3 Å². The van der Waals surface area contributed by atoms with Crippen molar-refractivity contribution in [2.24, 2.45) is 4.99 Å². The molecule has 0 heterocycles. The van der Waals surface area contributed by atoms with E-state index in [1.165, 1.54) is 6.26 Å². The molecule has 27 heavy (non-hydrogen) atoms. The van der Waals surface area contributed by atoms with Crippen molar-refractivity contribution in [1.82, 2.24) is 10.2 Å². The Kier molecular flexibility index (Phi) is 9.55. The number of benzene rings is 2. The van der Waals surface area contributed by atoms with Crippen LogP contribution in [0.4, 0.5) is 0 Å². The van der Waals surface area contributed by atoms with Crippen LogP contribution in [-0.4, -0.2) is 39.6 Å². The lowest BCUT2D eigenvalue weighted by molar-refractivity contribution is 0.476. The second kappa shape index (κ2) is 10.9. The van der Waals surface area contributed by atoms with E-state index >= 15 is 0 Å². The normalized spacial score (nSPS) is 11.6. The van der Waals surface area contributed by atoms with Gasteiger partial charge in [0.2, 0.25) is 0 Å². The number of nitrogens with zero attached hydrogens (tertiary/aromatic N) is 2. The molecule has 0 fully saturated rings. The fraction of sp³-hybridized carbons (Fsp3) is 0.316. The highest BCUT2D eigenvalue weighted by molar-refractivity contribution is 14.0. The molecule has 1 N–H and O–H groups in total. The van der Waals surface area contributed by atoms with Gasteiger partial charge >= 0.3 is 0 Å². The topological polar surface area (TPSA) is 61.8 Å². The summed E-state index contributed by atoms with van der Waals surface area (Å²) in [7, 11) is 0.691. The van der Waals surface area contributed by atoms with Crippen molar-refractivity contribution in [3.05, 3.63) is 70.2 Å². The third kappa shape index (κ3) is 8.49. The van der Waals surface area contributed by atoms with Crippen LogP contribution >= 0.6 is 35.6 Å². The maximum Gasteiger partial charge on any atom is 0.193 e. The molecule has 0 bridgehead atoms. The first kappa shape index (κ1) is 23.7. The first-order chi connectivity index (χ1) is 12.3. The molecule has 0 aliphatic heterocycles. The molecule has 0 atom stereocenters. The highest BCUT2D eigenvalue weighted by atomic mass is 127. The Bertz CT molecular complexity index is 871. The van der Waals surface area contributed by atoms with Gasteiger partial charge in [0.05, 0.1) is 5.75 Å². The molecule has 2 aromatic rings. The van der Waals surface area contributed by atoms with Crippen LogP contribution in [0.25, 0.3) is 0 Å². The van der Waals surface area contributed by atoms with Crippen LogP contribution in [0.15, 0.2) is 53.5 Å². The SMILES string of the molecule is CN=C(NCc1ccc(CS(C)(=O)=O)cc1)N(C)Cc1cccc(Cl)c1.I. The number of rotatable bonds is 6. The Morgan fingerprint density at radius 3 is 2.30 bits per heavy atom. The second-order valence-electron chi connectivity index (χ2n) is 6.27. The number of nitrogens with one attached hydrogen (secondary N) is 1. The summed E-state index contributed by atoms with van der Waals surface area (Å²) in [5, 5.41) is 4.03. The van der Waals surface area contributed by atoms with Crippen molar-refractivity contribution < 1.29 is 8.42 Å². The van der Waals surface area contributed by atoms with Gasteiger partial charge in [0.1, 0.15) is 0 Å². The maximum atomic E-state index is 11.3. The summed E-state index contributed by atoms with van der Waals surface area (Å²) in [6, 6.07) is 15.3. The maximum absolute atomic E-state index is 11.3. The smallest absolute Gasteiger partial charge is 0.193 e. The van der Waals surface area contributed by atoms with Gasteiger partial charge in [-0.15, -0.1) is 24.0 Å². The number of sulfone groups is 1. The third-order valence-electron chi connectivity index (χ3n) is 3.78. The molecule has 0 aromatic heterocycles. The molecule has 5 nitrogen and oxygen atoms in total. The molecule has 0 amide bonds. The van der Waals surface area contributed by atoms with E-state index in [0.717, 1.165) is 22.6 Å². The van der Waals surface area contributed by atoms with Crippen molar-refractivity contribution >= 4 is 51.4 Å². The zero-order valence-corrected chi connectivity index (χ0v) is 19.5. The largest absolute Gasteiger partial charge is 0.352 e. The number of guanidine groups is 1. The molecule has 2 aromatic carbocycles. The van der Waals surface area contributed by atoms with Crippen LogP contribution in [0, 0.1) is 0 Å².